The van der Waals surface area contributed by atoms with Crippen molar-refractivity contribution in [3.8, 4) is 0 Å². The molecule has 2 heterocycles. The van der Waals surface area contributed by atoms with Gasteiger partial charge in [-0.15, -0.1) is 0 Å². The Kier molecular flexibility index (Phi) is 2.83. The zero-order valence-electron chi connectivity index (χ0n) is 10.9. The minimum absolute atomic E-state index is 0.807. The van der Waals surface area contributed by atoms with E-state index in [1.807, 2.05) is 25.1 Å². The van der Waals surface area contributed by atoms with Crippen molar-refractivity contribution >= 4 is 22.4 Å². The normalized spacial score (nSPS) is 10.6. The summed E-state index contributed by atoms with van der Waals surface area (Å²) in [6.45, 7) is 4.03. The van der Waals surface area contributed by atoms with Gasteiger partial charge < -0.3 is 5.32 Å². The van der Waals surface area contributed by atoms with E-state index in [0.717, 1.165) is 28.1 Å². The summed E-state index contributed by atoms with van der Waals surface area (Å²) in [5.74, 6) is 0.807. The first-order valence-corrected chi connectivity index (χ1v) is 6.13. The molecular formula is C15H14N4. The first-order valence-electron chi connectivity index (χ1n) is 6.13. The van der Waals surface area contributed by atoms with Crippen LogP contribution in [0.25, 0.3) is 10.9 Å². The van der Waals surface area contributed by atoms with Gasteiger partial charge in [0.2, 0.25) is 0 Å². The average Bonchev–Trinajstić information content (AvgIpc) is 2.39. The van der Waals surface area contributed by atoms with Crippen molar-refractivity contribution in [2.45, 2.75) is 13.8 Å². The molecule has 94 valence electrons. The van der Waals surface area contributed by atoms with Crippen molar-refractivity contribution in [1.29, 1.82) is 0 Å². The number of anilines is 2. The van der Waals surface area contributed by atoms with E-state index in [4.69, 9.17) is 0 Å². The van der Waals surface area contributed by atoms with Crippen molar-refractivity contribution in [2.24, 2.45) is 0 Å². The van der Waals surface area contributed by atoms with Crippen molar-refractivity contribution in [1.82, 2.24) is 15.0 Å². The van der Waals surface area contributed by atoms with Gasteiger partial charge in [0.05, 0.1) is 11.7 Å². The van der Waals surface area contributed by atoms with Gasteiger partial charge in [0, 0.05) is 16.8 Å². The number of hydrogen-bond donors (Lipinski definition) is 1. The second-order valence-electron chi connectivity index (χ2n) is 4.56. The van der Waals surface area contributed by atoms with Crippen LogP contribution in [-0.4, -0.2) is 15.0 Å². The second-order valence-corrected chi connectivity index (χ2v) is 4.56. The fraction of sp³-hybridized carbons (Fsp3) is 0.133. The topological polar surface area (TPSA) is 50.7 Å². The summed E-state index contributed by atoms with van der Waals surface area (Å²) in [4.78, 5) is 12.8. The minimum Gasteiger partial charge on any atom is -0.340 e. The Balaban J connectivity index is 2.07. The van der Waals surface area contributed by atoms with E-state index in [9.17, 15) is 0 Å². The maximum Gasteiger partial charge on any atom is 0.141 e. The number of hydrogen-bond acceptors (Lipinski definition) is 4. The Bertz CT molecular complexity index is 737. The zero-order valence-corrected chi connectivity index (χ0v) is 10.9. The number of aryl methyl sites for hydroxylation is 2. The van der Waals surface area contributed by atoms with Crippen LogP contribution in [0.2, 0.25) is 0 Å². The molecule has 0 unspecified atom stereocenters. The molecule has 0 fully saturated rings. The van der Waals surface area contributed by atoms with E-state index in [2.05, 4.69) is 39.3 Å². The molecule has 4 heteroatoms. The summed E-state index contributed by atoms with van der Waals surface area (Å²) in [7, 11) is 0. The molecule has 1 N–H and O–H groups in total. The van der Waals surface area contributed by atoms with Gasteiger partial charge in [-0.05, 0) is 37.6 Å². The summed E-state index contributed by atoms with van der Waals surface area (Å²) in [6, 6.07) is 10.2. The van der Waals surface area contributed by atoms with E-state index in [1.165, 1.54) is 5.56 Å². The molecule has 4 nitrogen and oxygen atoms in total. The lowest BCUT2D eigenvalue weighted by atomic mass is 10.2. The van der Waals surface area contributed by atoms with Crippen molar-refractivity contribution in [3.63, 3.8) is 0 Å². The largest absolute Gasteiger partial charge is 0.340 e. The van der Waals surface area contributed by atoms with Crippen molar-refractivity contribution in [2.75, 3.05) is 5.32 Å². The summed E-state index contributed by atoms with van der Waals surface area (Å²) >= 11 is 0. The van der Waals surface area contributed by atoms with E-state index in [1.54, 1.807) is 12.5 Å². The number of nitrogens with zero attached hydrogens (tertiary/aromatic N) is 3. The number of benzene rings is 1. The lowest BCUT2D eigenvalue weighted by molar-refractivity contribution is 1.17. The van der Waals surface area contributed by atoms with E-state index in [0.29, 0.717) is 0 Å². The highest BCUT2D eigenvalue weighted by atomic mass is 15.0. The highest BCUT2D eigenvalue weighted by Crippen LogP contribution is 2.23. The number of pyridine rings is 1. The molecule has 0 bridgehead atoms. The summed E-state index contributed by atoms with van der Waals surface area (Å²) in [6.07, 6.45) is 3.32. The van der Waals surface area contributed by atoms with Gasteiger partial charge in [0.25, 0.3) is 0 Å². The highest BCUT2D eigenvalue weighted by Gasteiger charge is 2.04. The van der Waals surface area contributed by atoms with E-state index >= 15 is 0 Å². The van der Waals surface area contributed by atoms with E-state index in [-0.39, 0.29) is 0 Å². The Labute approximate surface area is 111 Å². The van der Waals surface area contributed by atoms with Gasteiger partial charge in [-0.1, -0.05) is 12.1 Å². The highest BCUT2D eigenvalue weighted by molar-refractivity contribution is 5.90. The number of nitrogens with one attached hydrogen (secondary N) is 1. The van der Waals surface area contributed by atoms with E-state index < -0.39 is 0 Å². The molecule has 3 aromatic rings. The van der Waals surface area contributed by atoms with Gasteiger partial charge in [-0.25, -0.2) is 9.97 Å². The summed E-state index contributed by atoms with van der Waals surface area (Å²) in [5, 5.41) is 4.32. The first-order chi connectivity index (χ1) is 9.22. The van der Waals surface area contributed by atoms with Gasteiger partial charge >= 0.3 is 0 Å². The minimum atomic E-state index is 0.807. The molecule has 0 atom stereocenters. The molecular weight excluding hydrogens is 236 g/mol. The van der Waals surface area contributed by atoms with Crippen molar-refractivity contribution < 1.29 is 0 Å². The fourth-order valence-corrected chi connectivity index (χ4v) is 2.02. The third-order valence-electron chi connectivity index (χ3n) is 2.94. The van der Waals surface area contributed by atoms with Crippen LogP contribution in [0.15, 0.2) is 42.9 Å². The molecule has 2 aromatic heterocycles. The maximum atomic E-state index is 4.32. The van der Waals surface area contributed by atoms with Crippen LogP contribution in [0.5, 0.6) is 0 Å². The average molecular weight is 250 g/mol. The molecule has 0 amide bonds. The molecule has 1 aromatic carbocycles. The molecule has 3 rings (SSSR count). The summed E-state index contributed by atoms with van der Waals surface area (Å²) in [5.41, 5.74) is 4.03. The fourth-order valence-electron chi connectivity index (χ4n) is 2.02. The molecule has 0 radical (unpaired) electrons. The number of aromatic nitrogens is 3. The van der Waals surface area contributed by atoms with Crippen LogP contribution in [0, 0.1) is 13.8 Å². The monoisotopic (exact) mass is 250 g/mol. The van der Waals surface area contributed by atoms with Crippen molar-refractivity contribution in [3.05, 3.63) is 54.1 Å². The Hall–Kier alpha value is -2.49. The molecule has 0 saturated heterocycles. The van der Waals surface area contributed by atoms with Gasteiger partial charge in [0.1, 0.15) is 12.1 Å². The molecule has 0 aliphatic carbocycles. The lowest BCUT2D eigenvalue weighted by Crippen LogP contribution is -1.97. The number of rotatable bonds is 2. The zero-order chi connectivity index (χ0) is 13.2. The van der Waals surface area contributed by atoms with Crippen LogP contribution in [0.1, 0.15) is 11.3 Å². The third kappa shape index (κ3) is 2.38. The predicted octanol–water partition coefficient (Wildman–Crippen LogP) is 3.39. The number of fused-ring (bicyclic) bond motifs is 1. The Morgan fingerprint density at radius 1 is 1.00 bits per heavy atom. The van der Waals surface area contributed by atoms with Gasteiger partial charge in [-0.2, -0.15) is 0 Å². The quantitative estimate of drug-likeness (QED) is 0.757. The predicted molar refractivity (Wildman–Crippen MR) is 76.5 cm³/mol. The van der Waals surface area contributed by atoms with Crippen LogP contribution < -0.4 is 5.32 Å². The van der Waals surface area contributed by atoms with Crippen LogP contribution in [0.4, 0.5) is 11.5 Å². The summed E-state index contributed by atoms with van der Waals surface area (Å²) < 4.78 is 0. The van der Waals surface area contributed by atoms with Crippen LogP contribution >= 0.6 is 0 Å². The second kappa shape index (κ2) is 4.65. The Morgan fingerprint density at radius 3 is 2.74 bits per heavy atom. The molecule has 0 spiro atoms. The van der Waals surface area contributed by atoms with Gasteiger partial charge in [-0.3, -0.25) is 4.98 Å². The van der Waals surface area contributed by atoms with Crippen LogP contribution in [-0.2, 0) is 0 Å². The first kappa shape index (κ1) is 11.6. The maximum absolute atomic E-state index is 4.32. The van der Waals surface area contributed by atoms with Crippen LogP contribution in [0.3, 0.4) is 0 Å². The molecule has 0 saturated carbocycles. The molecule has 19 heavy (non-hydrogen) atoms. The smallest absolute Gasteiger partial charge is 0.141 e. The Morgan fingerprint density at radius 2 is 1.89 bits per heavy atom. The molecule has 0 aliphatic heterocycles. The SMILES string of the molecule is Cc1cccc(Nc2ncnc3cnc(C)cc23)c1. The lowest BCUT2D eigenvalue weighted by Gasteiger charge is -2.09. The third-order valence-corrected chi connectivity index (χ3v) is 2.94. The van der Waals surface area contributed by atoms with Gasteiger partial charge in [0.15, 0.2) is 0 Å². The molecule has 0 aliphatic rings. The standard InChI is InChI=1S/C15H14N4/c1-10-4-3-5-12(6-10)19-15-13-7-11(2)16-8-14(13)17-9-18-15/h3-9H,1-2H3,(H,17,18,19).